The lowest BCUT2D eigenvalue weighted by Gasteiger charge is -2.28. The smallest absolute Gasteiger partial charge is 0.0112 e. The fourth-order valence-electron chi connectivity index (χ4n) is 1.53. The molecule has 1 nitrogen and oxygen atoms in total. The minimum atomic E-state index is 0.769. The van der Waals surface area contributed by atoms with Crippen LogP contribution in [0.25, 0.3) is 0 Å². The van der Waals surface area contributed by atoms with Crippen LogP contribution in [0.3, 0.4) is 0 Å². The van der Waals surface area contributed by atoms with Crippen LogP contribution in [0, 0.1) is 5.92 Å². The van der Waals surface area contributed by atoms with Gasteiger partial charge in [-0.05, 0) is 25.9 Å². The van der Waals surface area contributed by atoms with E-state index in [1.807, 2.05) is 0 Å². The molecule has 0 fully saturated rings. The molecule has 0 aliphatic carbocycles. The summed E-state index contributed by atoms with van der Waals surface area (Å²) in [6, 6.07) is 0.769. The van der Waals surface area contributed by atoms with Crippen molar-refractivity contribution in [3.8, 4) is 0 Å². The number of rotatable bonds is 4. The van der Waals surface area contributed by atoms with Crippen molar-refractivity contribution in [2.45, 2.75) is 40.2 Å². The van der Waals surface area contributed by atoms with Crippen LogP contribution in [0.1, 0.15) is 34.1 Å². The van der Waals surface area contributed by atoms with Crippen LogP contribution in [0.4, 0.5) is 0 Å². The van der Waals surface area contributed by atoms with Crippen molar-refractivity contribution in [1.29, 1.82) is 0 Å². The Hall–Kier alpha value is -0.0400. The Balaban J connectivity index is 3.80. The average molecular weight is 143 g/mol. The van der Waals surface area contributed by atoms with Crippen molar-refractivity contribution in [3.63, 3.8) is 0 Å². The third-order valence-corrected chi connectivity index (χ3v) is 2.25. The van der Waals surface area contributed by atoms with Gasteiger partial charge in [0.25, 0.3) is 0 Å². The molecule has 0 saturated carbocycles. The summed E-state index contributed by atoms with van der Waals surface area (Å²) in [6.45, 7) is 10.2. The van der Waals surface area contributed by atoms with E-state index in [1.165, 1.54) is 6.42 Å². The van der Waals surface area contributed by atoms with Gasteiger partial charge in [-0.3, -0.25) is 0 Å². The maximum atomic E-state index is 2.42. The van der Waals surface area contributed by atoms with E-state index >= 15 is 0 Å². The lowest BCUT2D eigenvalue weighted by molar-refractivity contribution is 0.195. The zero-order valence-corrected chi connectivity index (χ0v) is 8.02. The number of hydrogen-bond donors (Lipinski definition) is 0. The fraction of sp³-hybridized carbons (Fsp3) is 1.00. The molecule has 0 aliphatic heterocycles. The Kier molecular flexibility index (Phi) is 4.71. The van der Waals surface area contributed by atoms with Crippen LogP contribution in [0.15, 0.2) is 0 Å². The highest BCUT2D eigenvalue weighted by molar-refractivity contribution is 4.68. The summed E-state index contributed by atoms with van der Waals surface area (Å²) in [6.07, 6.45) is 1.27. The van der Waals surface area contributed by atoms with E-state index in [1.54, 1.807) is 0 Å². The van der Waals surface area contributed by atoms with Crippen LogP contribution < -0.4 is 0 Å². The van der Waals surface area contributed by atoms with Crippen molar-refractivity contribution in [2.75, 3.05) is 13.6 Å². The molecule has 0 rings (SSSR count). The SMILES string of the molecule is CC[C@@H](C(C)C)N(C)CC. The predicted molar refractivity (Wildman–Crippen MR) is 47.2 cm³/mol. The first-order valence-corrected chi connectivity index (χ1v) is 4.33. The van der Waals surface area contributed by atoms with Crippen molar-refractivity contribution in [1.82, 2.24) is 4.90 Å². The zero-order valence-electron chi connectivity index (χ0n) is 8.02. The minimum Gasteiger partial charge on any atom is -0.303 e. The van der Waals surface area contributed by atoms with Gasteiger partial charge in [-0.1, -0.05) is 27.7 Å². The molecule has 0 N–H and O–H groups in total. The number of nitrogens with zero attached hydrogens (tertiary/aromatic N) is 1. The maximum absolute atomic E-state index is 2.42. The van der Waals surface area contributed by atoms with Crippen LogP contribution in [0.2, 0.25) is 0 Å². The third kappa shape index (κ3) is 2.70. The monoisotopic (exact) mass is 143 g/mol. The van der Waals surface area contributed by atoms with Crippen LogP contribution in [-0.4, -0.2) is 24.5 Å². The van der Waals surface area contributed by atoms with Crippen molar-refractivity contribution >= 4 is 0 Å². The molecule has 1 atom stereocenters. The first-order chi connectivity index (χ1) is 4.63. The van der Waals surface area contributed by atoms with E-state index in [0.29, 0.717) is 0 Å². The first kappa shape index (κ1) is 9.96. The highest BCUT2D eigenvalue weighted by Crippen LogP contribution is 2.11. The lowest BCUT2D eigenvalue weighted by atomic mass is 10.0. The molecule has 1 heteroatoms. The molecule has 0 aromatic carbocycles. The Morgan fingerprint density at radius 2 is 1.70 bits per heavy atom. The van der Waals surface area contributed by atoms with Gasteiger partial charge in [0.2, 0.25) is 0 Å². The largest absolute Gasteiger partial charge is 0.303 e. The molecular weight excluding hydrogens is 122 g/mol. The van der Waals surface area contributed by atoms with E-state index in [9.17, 15) is 0 Å². The molecule has 0 aromatic heterocycles. The summed E-state index contributed by atoms with van der Waals surface area (Å²) in [4.78, 5) is 2.42. The molecule has 10 heavy (non-hydrogen) atoms. The van der Waals surface area contributed by atoms with Gasteiger partial charge in [-0.2, -0.15) is 0 Å². The van der Waals surface area contributed by atoms with E-state index in [0.717, 1.165) is 18.5 Å². The Labute approximate surface area is 65.4 Å². The normalized spacial score (nSPS) is 14.7. The molecule has 62 valence electrons. The first-order valence-electron chi connectivity index (χ1n) is 4.33. The molecule has 0 saturated heterocycles. The van der Waals surface area contributed by atoms with Crippen molar-refractivity contribution in [2.24, 2.45) is 5.92 Å². The van der Waals surface area contributed by atoms with Gasteiger partial charge in [-0.25, -0.2) is 0 Å². The molecule has 0 aromatic rings. The van der Waals surface area contributed by atoms with Gasteiger partial charge in [0.1, 0.15) is 0 Å². The Bertz CT molecular complexity index is 78.8. The highest BCUT2D eigenvalue weighted by atomic mass is 15.1. The van der Waals surface area contributed by atoms with Crippen LogP contribution >= 0.6 is 0 Å². The molecule has 0 aliphatic rings. The zero-order chi connectivity index (χ0) is 8.15. The second-order valence-electron chi connectivity index (χ2n) is 3.29. The van der Waals surface area contributed by atoms with Gasteiger partial charge < -0.3 is 4.90 Å². The van der Waals surface area contributed by atoms with E-state index in [4.69, 9.17) is 0 Å². The lowest BCUT2D eigenvalue weighted by Crippen LogP contribution is -2.34. The van der Waals surface area contributed by atoms with Crippen molar-refractivity contribution < 1.29 is 0 Å². The Morgan fingerprint density at radius 1 is 1.20 bits per heavy atom. The topological polar surface area (TPSA) is 3.24 Å². The fourth-order valence-corrected chi connectivity index (χ4v) is 1.53. The van der Waals surface area contributed by atoms with E-state index in [-0.39, 0.29) is 0 Å². The Morgan fingerprint density at radius 3 is 1.80 bits per heavy atom. The predicted octanol–water partition coefficient (Wildman–Crippen LogP) is 2.37. The summed E-state index contributed by atoms with van der Waals surface area (Å²) >= 11 is 0. The molecule has 0 amide bonds. The summed E-state index contributed by atoms with van der Waals surface area (Å²) in [7, 11) is 2.20. The quantitative estimate of drug-likeness (QED) is 0.584. The van der Waals surface area contributed by atoms with Gasteiger partial charge in [0.05, 0.1) is 0 Å². The average Bonchev–Trinajstić information content (AvgIpc) is 1.88. The number of hydrogen-bond acceptors (Lipinski definition) is 1. The molecule has 0 spiro atoms. The second kappa shape index (κ2) is 4.73. The van der Waals surface area contributed by atoms with Crippen LogP contribution in [-0.2, 0) is 0 Å². The summed E-state index contributed by atoms with van der Waals surface area (Å²) < 4.78 is 0. The van der Waals surface area contributed by atoms with Gasteiger partial charge in [-0.15, -0.1) is 0 Å². The van der Waals surface area contributed by atoms with Gasteiger partial charge in [0, 0.05) is 6.04 Å². The van der Waals surface area contributed by atoms with Crippen molar-refractivity contribution in [3.05, 3.63) is 0 Å². The van der Waals surface area contributed by atoms with Gasteiger partial charge >= 0.3 is 0 Å². The summed E-state index contributed by atoms with van der Waals surface area (Å²) in [5, 5.41) is 0. The van der Waals surface area contributed by atoms with Crippen LogP contribution in [0.5, 0.6) is 0 Å². The summed E-state index contributed by atoms with van der Waals surface area (Å²) in [5.41, 5.74) is 0. The standard InChI is InChI=1S/C9H21N/c1-6-9(8(3)4)10(5)7-2/h8-9H,6-7H2,1-5H3/t9-/m0/s1. The van der Waals surface area contributed by atoms with Gasteiger partial charge in [0.15, 0.2) is 0 Å². The molecule has 0 radical (unpaired) electrons. The minimum absolute atomic E-state index is 0.769. The maximum Gasteiger partial charge on any atom is 0.0112 e. The molecule has 0 bridgehead atoms. The van der Waals surface area contributed by atoms with E-state index in [2.05, 4.69) is 39.6 Å². The summed E-state index contributed by atoms with van der Waals surface area (Å²) in [5.74, 6) is 0.787. The molecular formula is C9H21N. The molecule has 0 heterocycles. The third-order valence-electron chi connectivity index (χ3n) is 2.25. The second-order valence-corrected chi connectivity index (χ2v) is 3.29. The highest BCUT2D eigenvalue weighted by Gasteiger charge is 2.13. The van der Waals surface area contributed by atoms with E-state index < -0.39 is 0 Å². The molecule has 0 unspecified atom stereocenters.